The number of nitrogens with zero attached hydrogens (tertiary/aromatic N) is 6. The molecule has 4 rings (SSSR count). The minimum atomic E-state index is 0.200. The summed E-state index contributed by atoms with van der Waals surface area (Å²) in [6, 6.07) is 0. The molecule has 8 nitrogen and oxygen atoms in total. The Hall–Kier alpha value is -2.22. The lowest BCUT2D eigenvalue weighted by molar-refractivity contribution is -0.130. The average Bonchev–Trinajstić information content (AvgIpc) is 3.37. The van der Waals surface area contributed by atoms with E-state index in [9.17, 15) is 4.79 Å². The van der Waals surface area contributed by atoms with Gasteiger partial charge in [-0.25, -0.2) is 9.97 Å². The first-order valence-corrected chi connectivity index (χ1v) is 9.01. The molecule has 1 aliphatic carbocycles. The second-order valence-corrected chi connectivity index (χ2v) is 7.04. The van der Waals surface area contributed by atoms with Crippen molar-refractivity contribution < 1.29 is 4.79 Å². The standard InChI is InChI=1S/C17H25N7O/c1-12-20-16-14(10-19-22(16)2)17(21-12)24-7-5-23(6-8-24)15(25)11-18-9-13-3-4-13/h10,13,18H,3-9,11H2,1-2H3. The number of rotatable bonds is 5. The Labute approximate surface area is 147 Å². The molecule has 8 heteroatoms. The van der Waals surface area contributed by atoms with E-state index in [1.165, 1.54) is 12.8 Å². The predicted octanol–water partition coefficient (Wildman–Crippen LogP) is 0.320. The fourth-order valence-electron chi connectivity index (χ4n) is 3.34. The van der Waals surface area contributed by atoms with Crippen LogP contribution in [0.15, 0.2) is 6.20 Å². The number of aryl methyl sites for hydroxylation is 2. The van der Waals surface area contributed by atoms with Gasteiger partial charge >= 0.3 is 0 Å². The van der Waals surface area contributed by atoms with Gasteiger partial charge in [-0.3, -0.25) is 9.48 Å². The first kappa shape index (κ1) is 16.3. The Kier molecular flexibility index (Phi) is 4.29. The molecule has 1 saturated carbocycles. The highest BCUT2D eigenvalue weighted by molar-refractivity contribution is 5.87. The SMILES string of the molecule is Cc1nc(N2CCN(C(=O)CNCC3CC3)CC2)c2cnn(C)c2n1. The molecular weight excluding hydrogens is 318 g/mol. The van der Waals surface area contributed by atoms with Gasteiger partial charge in [0.2, 0.25) is 5.91 Å². The summed E-state index contributed by atoms with van der Waals surface area (Å²) < 4.78 is 1.78. The van der Waals surface area contributed by atoms with Gasteiger partial charge in [-0.1, -0.05) is 0 Å². The molecule has 134 valence electrons. The van der Waals surface area contributed by atoms with E-state index in [-0.39, 0.29) is 5.91 Å². The Balaban J connectivity index is 1.39. The van der Waals surface area contributed by atoms with E-state index in [2.05, 4.69) is 25.3 Å². The lowest BCUT2D eigenvalue weighted by Crippen LogP contribution is -2.51. The van der Waals surface area contributed by atoms with Crippen molar-refractivity contribution in [1.29, 1.82) is 0 Å². The van der Waals surface area contributed by atoms with Crippen molar-refractivity contribution >= 4 is 22.8 Å². The zero-order valence-corrected chi connectivity index (χ0v) is 14.9. The molecule has 2 aromatic rings. The number of carbonyl (C=O) groups excluding carboxylic acids is 1. The van der Waals surface area contributed by atoms with Crippen molar-refractivity contribution in [3.63, 3.8) is 0 Å². The van der Waals surface area contributed by atoms with Crippen LogP contribution in [-0.2, 0) is 11.8 Å². The Morgan fingerprint density at radius 3 is 2.72 bits per heavy atom. The van der Waals surface area contributed by atoms with Crippen LogP contribution in [0.2, 0.25) is 0 Å². The van der Waals surface area contributed by atoms with E-state index in [0.717, 1.165) is 61.3 Å². The van der Waals surface area contributed by atoms with Gasteiger partial charge in [0.05, 0.1) is 18.1 Å². The fraction of sp³-hybridized carbons (Fsp3) is 0.647. The van der Waals surface area contributed by atoms with Gasteiger partial charge in [0, 0.05) is 33.2 Å². The highest BCUT2D eigenvalue weighted by atomic mass is 16.2. The van der Waals surface area contributed by atoms with Crippen LogP contribution in [0.5, 0.6) is 0 Å². The summed E-state index contributed by atoms with van der Waals surface area (Å²) in [5.41, 5.74) is 0.852. The van der Waals surface area contributed by atoms with Gasteiger partial charge in [0.15, 0.2) is 5.65 Å². The average molecular weight is 343 g/mol. The number of aromatic nitrogens is 4. The highest BCUT2D eigenvalue weighted by Crippen LogP contribution is 2.27. The molecule has 0 bridgehead atoms. The molecule has 25 heavy (non-hydrogen) atoms. The molecule has 1 aliphatic heterocycles. The first-order chi connectivity index (χ1) is 12.1. The van der Waals surface area contributed by atoms with E-state index in [4.69, 9.17) is 0 Å². The van der Waals surface area contributed by atoms with Crippen molar-refractivity contribution in [3.8, 4) is 0 Å². The number of fused-ring (bicyclic) bond motifs is 1. The van der Waals surface area contributed by atoms with E-state index < -0.39 is 0 Å². The lowest BCUT2D eigenvalue weighted by atomic mass is 10.2. The van der Waals surface area contributed by atoms with Crippen LogP contribution >= 0.6 is 0 Å². The van der Waals surface area contributed by atoms with E-state index in [0.29, 0.717) is 6.54 Å². The number of anilines is 1. The van der Waals surface area contributed by atoms with Crippen molar-refractivity contribution in [3.05, 3.63) is 12.0 Å². The fourth-order valence-corrected chi connectivity index (χ4v) is 3.34. The summed E-state index contributed by atoms with van der Waals surface area (Å²) in [5, 5.41) is 8.56. The van der Waals surface area contributed by atoms with Crippen LogP contribution in [-0.4, -0.2) is 69.8 Å². The number of amides is 1. The monoisotopic (exact) mass is 343 g/mol. The number of hydrogen-bond donors (Lipinski definition) is 1. The molecule has 1 amide bonds. The van der Waals surface area contributed by atoms with Gasteiger partial charge in [-0.15, -0.1) is 0 Å². The number of hydrogen-bond acceptors (Lipinski definition) is 6. The summed E-state index contributed by atoms with van der Waals surface area (Å²) in [7, 11) is 1.89. The summed E-state index contributed by atoms with van der Waals surface area (Å²) in [5.74, 6) is 2.67. The van der Waals surface area contributed by atoms with E-state index in [1.807, 2.05) is 25.1 Å². The third kappa shape index (κ3) is 3.44. The normalized spacial score (nSPS) is 18.2. The highest BCUT2D eigenvalue weighted by Gasteiger charge is 2.25. The zero-order chi connectivity index (χ0) is 17.4. The first-order valence-electron chi connectivity index (χ1n) is 9.01. The summed E-state index contributed by atoms with van der Waals surface area (Å²) in [6.45, 7) is 6.37. The van der Waals surface area contributed by atoms with Crippen molar-refractivity contribution in [2.24, 2.45) is 13.0 Å². The minimum Gasteiger partial charge on any atom is -0.352 e. The van der Waals surface area contributed by atoms with Gasteiger partial charge < -0.3 is 15.1 Å². The van der Waals surface area contributed by atoms with Gasteiger partial charge in [0.1, 0.15) is 11.6 Å². The smallest absolute Gasteiger partial charge is 0.236 e. The second kappa shape index (κ2) is 6.59. The predicted molar refractivity (Wildman–Crippen MR) is 95.4 cm³/mol. The molecule has 2 aliphatic rings. The molecule has 0 aromatic carbocycles. The molecule has 0 spiro atoms. The maximum atomic E-state index is 12.3. The maximum Gasteiger partial charge on any atom is 0.236 e. The van der Waals surface area contributed by atoms with Gasteiger partial charge in [0.25, 0.3) is 0 Å². The molecule has 0 atom stereocenters. The van der Waals surface area contributed by atoms with Crippen molar-refractivity contribution in [2.75, 3.05) is 44.2 Å². The van der Waals surface area contributed by atoms with E-state index in [1.54, 1.807) is 4.68 Å². The summed E-state index contributed by atoms with van der Waals surface area (Å²) >= 11 is 0. The maximum absolute atomic E-state index is 12.3. The summed E-state index contributed by atoms with van der Waals surface area (Å²) in [4.78, 5) is 25.6. The number of piperazine rings is 1. The molecular formula is C17H25N7O. The molecule has 2 aromatic heterocycles. The van der Waals surface area contributed by atoms with Crippen LogP contribution in [0, 0.1) is 12.8 Å². The number of nitrogens with one attached hydrogen (secondary N) is 1. The van der Waals surface area contributed by atoms with Crippen LogP contribution in [0.4, 0.5) is 5.82 Å². The molecule has 1 N–H and O–H groups in total. The third-order valence-electron chi connectivity index (χ3n) is 5.02. The van der Waals surface area contributed by atoms with Crippen LogP contribution in [0.25, 0.3) is 11.0 Å². The van der Waals surface area contributed by atoms with Crippen LogP contribution in [0.1, 0.15) is 18.7 Å². The van der Waals surface area contributed by atoms with Crippen molar-refractivity contribution in [1.82, 2.24) is 30.0 Å². The van der Waals surface area contributed by atoms with Gasteiger partial charge in [-0.2, -0.15) is 5.10 Å². The van der Waals surface area contributed by atoms with E-state index >= 15 is 0 Å². The topological polar surface area (TPSA) is 79.2 Å². The van der Waals surface area contributed by atoms with Crippen LogP contribution < -0.4 is 10.2 Å². The molecule has 3 heterocycles. The quantitative estimate of drug-likeness (QED) is 0.842. The Morgan fingerprint density at radius 1 is 1.24 bits per heavy atom. The lowest BCUT2D eigenvalue weighted by Gasteiger charge is -2.35. The minimum absolute atomic E-state index is 0.200. The second-order valence-electron chi connectivity index (χ2n) is 7.04. The number of carbonyl (C=O) groups is 1. The largest absolute Gasteiger partial charge is 0.352 e. The molecule has 2 fully saturated rings. The zero-order valence-electron chi connectivity index (χ0n) is 14.9. The van der Waals surface area contributed by atoms with Gasteiger partial charge in [-0.05, 0) is 32.2 Å². The molecule has 0 unspecified atom stereocenters. The molecule has 0 radical (unpaired) electrons. The van der Waals surface area contributed by atoms with Crippen LogP contribution in [0.3, 0.4) is 0 Å². The summed E-state index contributed by atoms with van der Waals surface area (Å²) in [6.07, 6.45) is 4.44. The van der Waals surface area contributed by atoms with Crippen molar-refractivity contribution in [2.45, 2.75) is 19.8 Å². The third-order valence-corrected chi connectivity index (χ3v) is 5.02. The Bertz CT molecular complexity index is 775. The Morgan fingerprint density at radius 2 is 2.00 bits per heavy atom. The molecule has 1 saturated heterocycles.